The zero-order valence-corrected chi connectivity index (χ0v) is 82.7. The fourth-order valence-corrected chi connectivity index (χ4v) is 20.3. The Morgan fingerprint density at radius 1 is 0.259 bits per heavy atom. The number of piperidine rings is 1. The van der Waals surface area contributed by atoms with Crippen LogP contribution < -0.4 is 21.3 Å². The van der Waals surface area contributed by atoms with Gasteiger partial charge in [-0.2, -0.15) is 20.4 Å². The van der Waals surface area contributed by atoms with Crippen LogP contribution in [0.3, 0.4) is 0 Å². The van der Waals surface area contributed by atoms with Gasteiger partial charge in [-0.3, -0.25) is 88.9 Å². The third kappa shape index (κ3) is 25.8. The fourth-order valence-electron chi connectivity index (χ4n) is 20.3. The first-order chi connectivity index (χ1) is 69.9. The Labute approximate surface area is 835 Å². The topological polar surface area (TPSA) is 312 Å². The van der Waals surface area contributed by atoms with Gasteiger partial charge in [-0.1, -0.05) is 79.2 Å². The molecule has 29 nitrogen and oxygen atoms in total. The summed E-state index contributed by atoms with van der Waals surface area (Å²) in [4.78, 5) is 92.0. The molecule has 6 aliphatic heterocycles. The first kappa shape index (κ1) is 97.6. The molecule has 0 atom stereocenters. The zero-order valence-electron chi connectivity index (χ0n) is 82.7. The van der Waals surface area contributed by atoms with E-state index in [0.717, 1.165) is 266 Å². The molecule has 0 unspecified atom stereocenters. The smallest absolute Gasteiger partial charge is 0.276 e. The van der Waals surface area contributed by atoms with Gasteiger partial charge in [0.2, 0.25) is 0 Å². The number of piperazine rings is 1. The number of likely N-dealkylation sites (tertiary alicyclic amines) is 5. The summed E-state index contributed by atoms with van der Waals surface area (Å²) >= 11 is 0. The number of H-pyrrole nitrogens is 4. The number of anilines is 4. The number of carbonyl (C=O) groups is 4. The number of rotatable bonds is 28. The molecule has 6 fully saturated rings. The Bertz CT molecular complexity index is 7070. The fraction of sp³-hybridized carbons (Fsp3) is 0.333. The van der Waals surface area contributed by atoms with Gasteiger partial charge in [0.25, 0.3) is 23.6 Å². The highest BCUT2D eigenvalue weighted by atomic mass is 16.2. The van der Waals surface area contributed by atoms with Crippen molar-refractivity contribution in [3.63, 3.8) is 0 Å². The third-order valence-corrected chi connectivity index (χ3v) is 27.7. The van der Waals surface area contributed by atoms with E-state index in [4.69, 9.17) is 0 Å². The molecule has 6 aliphatic rings. The molecule has 22 rings (SSSR count). The minimum Gasteiger partial charge on any atom is -0.321 e. The number of nitrogens with zero attached hydrogens (tertiary/aromatic N) is 17. The Morgan fingerprint density at radius 2 is 0.531 bits per heavy atom. The number of carbonyl (C=O) groups excluding carboxylic acids is 4. The quantitative estimate of drug-likeness (QED) is 0.0226. The molecule has 0 spiro atoms. The van der Waals surface area contributed by atoms with Crippen LogP contribution in [0.15, 0.2) is 244 Å². The molecule has 0 bridgehead atoms. The summed E-state index contributed by atoms with van der Waals surface area (Å²) in [7, 11) is 10.3. The van der Waals surface area contributed by atoms with Crippen LogP contribution in [0, 0.1) is 0 Å². The minimum atomic E-state index is -0.232. The monoisotopic (exact) mass is 1910 g/mol. The third-order valence-electron chi connectivity index (χ3n) is 27.7. The largest absolute Gasteiger partial charge is 0.321 e. The molecule has 0 aliphatic carbocycles. The van der Waals surface area contributed by atoms with E-state index in [2.05, 4.69) is 212 Å². The summed E-state index contributed by atoms with van der Waals surface area (Å²) in [5.41, 5.74) is 25.9. The Kier molecular flexibility index (Phi) is 31.8. The van der Waals surface area contributed by atoms with Crippen LogP contribution in [0.4, 0.5) is 22.7 Å². The number of hydrogen-bond acceptors (Lipinski definition) is 21. The molecule has 734 valence electrons. The van der Waals surface area contributed by atoms with E-state index in [1.807, 2.05) is 193 Å². The van der Waals surface area contributed by atoms with Crippen molar-refractivity contribution in [1.29, 1.82) is 0 Å². The number of aromatic nitrogens is 12. The molecule has 29 heteroatoms. The van der Waals surface area contributed by atoms with E-state index in [9.17, 15) is 19.2 Å². The Balaban J connectivity index is 0.000000121. The van der Waals surface area contributed by atoms with Gasteiger partial charge in [0.05, 0.1) is 22.1 Å². The van der Waals surface area contributed by atoms with Crippen molar-refractivity contribution in [3.8, 4) is 44.5 Å². The summed E-state index contributed by atoms with van der Waals surface area (Å²) in [6.45, 7) is 23.1. The molecular weight excluding hydrogens is 1780 g/mol. The van der Waals surface area contributed by atoms with E-state index in [1.54, 1.807) is 0 Å². The molecule has 8 aromatic carbocycles. The summed E-state index contributed by atoms with van der Waals surface area (Å²) in [6, 6.07) is 65.2. The summed E-state index contributed by atoms with van der Waals surface area (Å²) < 4.78 is 0. The molecule has 0 radical (unpaired) electrons. The van der Waals surface area contributed by atoms with Crippen LogP contribution in [0.2, 0.25) is 0 Å². The zero-order chi connectivity index (χ0) is 97.9. The van der Waals surface area contributed by atoms with Gasteiger partial charge in [-0.05, 0) is 353 Å². The highest BCUT2D eigenvalue weighted by Crippen LogP contribution is 2.35. The maximum Gasteiger partial charge on any atom is 0.276 e. The number of benzene rings is 8. The van der Waals surface area contributed by atoms with Crippen molar-refractivity contribution >= 4 is 90.0 Å². The van der Waals surface area contributed by atoms with E-state index in [0.29, 0.717) is 22.8 Å². The van der Waals surface area contributed by atoms with E-state index in [-0.39, 0.29) is 23.6 Å². The predicted molar refractivity (Wildman–Crippen MR) is 570 cm³/mol. The molecule has 8 N–H and O–H groups in total. The molecule has 6 saturated heterocycles. The second-order valence-electron chi connectivity index (χ2n) is 39.6. The number of likely N-dealkylation sites (N-methyl/N-ethyl adjacent to an activating group) is 1. The lowest BCUT2D eigenvalue weighted by atomic mass is 10.0. The SMILES string of the molecule is CN(C)Cc1cccc(NC(=O)c2n[nH]c3ccc(-c4cncc(CN5CCCC5)c4)cc23)c1.CN(C)Cc1cncc(-c2ccc3[nH]nc(C(=O)Nc4ccc(CN5CCN(C)CC5)cc4)c3c2)c1.O=C(Nc1cccc(CN2CCCC2)c1)c1n[nH]c2ccc(-c3cncc(CN4CCCC4)c3)cc12.O=C(Nc1cccc(CN2CCCCC2)c1)c1n[nH]c2ccc(-c3cncc(CN4CCCC4)c3)cc12. The maximum absolute atomic E-state index is 13.3. The lowest BCUT2D eigenvalue weighted by molar-refractivity contribution is 0.101. The van der Waals surface area contributed by atoms with Crippen LogP contribution in [0.25, 0.3) is 88.1 Å². The minimum absolute atomic E-state index is 0.209. The molecule has 0 saturated carbocycles. The first-order valence-corrected chi connectivity index (χ1v) is 50.5. The summed E-state index contributed by atoms with van der Waals surface area (Å²) in [5.74, 6) is -0.881. The first-order valence-electron chi connectivity index (χ1n) is 50.5. The maximum atomic E-state index is 13.3. The number of fused-ring (bicyclic) bond motifs is 4. The summed E-state index contributed by atoms with van der Waals surface area (Å²) in [6.07, 6.45) is 29.3. The highest BCUT2D eigenvalue weighted by Gasteiger charge is 2.26. The van der Waals surface area contributed by atoms with Crippen LogP contribution in [-0.2, 0) is 52.4 Å². The lowest BCUT2D eigenvalue weighted by Crippen LogP contribution is -2.43. The van der Waals surface area contributed by atoms with Crippen LogP contribution in [0.1, 0.15) is 157 Å². The molecule has 4 amide bonds. The second-order valence-corrected chi connectivity index (χ2v) is 39.6. The van der Waals surface area contributed by atoms with Crippen LogP contribution in [0.5, 0.6) is 0 Å². The average Bonchev–Trinajstić information content (AvgIpc) is 1.67. The van der Waals surface area contributed by atoms with Crippen LogP contribution >= 0.6 is 0 Å². The van der Waals surface area contributed by atoms with Gasteiger partial charge >= 0.3 is 0 Å². The second kappa shape index (κ2) is 46.7. The van der Waals surface area contributed by atoms with Gasteiger partial charge in [-0.15, -0.1) is 0 Å². The Morgan fingerprint density at radius 3 is 0.867 bits per heavy atom. The van der Waals surface area contributed by atoms with Crippen molar-refractivity contribution in [2.24, 2.45) is 0 Å². The predicted octanol–water partition coefficient (Wildman–Crippen LogP) is 18.7. The van der Waals surface area contributed by atoms with Crippen molar-refractivity contribution in [1.82, 2.24) is 105 Å². The number of amides is 4. The number of aromatic amines is 4. The van der Waals surface area contributed by atoms with Crippen molar-refractivity contribution < 1.29 is 19.2 Å². The molecule has 14 heterocycles. The van der Waals surface area contributed by atoms with Gasteiger partial charge in [-0.25, -0.2) is 0 Å². The van der Waals surface area contributed by atoms with E-state index in [1.165, 1.54) is 104 Å². The number of hydrogen-bond donors (Lipinski definition) is 8. The highest BCUT2D eigenvalue weighted by molar-refractivity contribution is 6.15. The molecular formula is C114H129N25O4. The normalized spacial score (nSPS) is 15.7. The Hall–Kier alpha value is -14.2. The van der Waals surface area contributed by atoms with Gasteiger partial charge in [0.1, 0.15) is 0 Å². The van der Waals surface area contributed by atoms with Crippen molar-refractivity contribution in [2.45, 2.75) is 123 Å². The molecule has 16 aromatic rings. The number of pyridine rings is 4. The van der Waals surface area contributed by atoms with Crippen molar-refractivity contribution in [2.75, 3.05) is 148 Å². The van der Waals surface area contributed by atoms with Crippen LogP contribution in [-0.4, -0.2) is 255 Å². The van der Waals surface area contributed by atoms with E-state index >= 15 is 0 Å². The van der Waals surface area contributed by atoms with Crippen molar-refractivity contribution in [3.05, 3.63) is 311 Å². The van der Waals surface area contributed by atoms with Gasteiger partial charge < -0.3 is 36.0 Å². The average molecular weight is 1910 g/mol. The van der Waals surface area contributed by atoms with E-state index < -0.39 is 0 Å². The molecule has 8 aromatic heterocycles. The number of nitrogens with one attached hydrogen (secondary N) is 8. The van der Waals surface area contributed by atoms with Gasteiger partial charge in [0, 0.05) is 195 Å². The standard InChI is InChI=1S/C30H34N6O.C29H32N6O.C28H33N7O.C27H30N6O/c37-30(32-26-8-6-7-22(16-26)20-35-11-2-1-3-12-35)29-27-17-24(9-10-28(27)33-34-29)25-15-23(18-31-19-25)21-36-13-4-5-14-36;36-29(31-25-7-5-6-21(15-25)19-34-10-1-2-11-34)28-26-16-23(8-9-27(26)32-33-28)24-14-22(17-30-18-24)20-35-12-3-4-13-35;1-33(2)18-21-14-23(17-29-16-21)22-6-9-26-25(15-22)27(32-31-26)28(36)30-24-7-4-20(5-8-24)19-35-12-10-34(3)11-13-35;1-32(2)17-19-6-5-7-23(13-19)29-27(34)26-24-14-21(8-9-25(24)30-31-26)22-12-20(15-28-16-22)18-33-10-3-4-11-33/h6-10,15-19H,1-5,11-14,20-21H2,(H,32,37)(H,33,34);5-9,14-18H,1-4,10-13,19-20H2,(H,31,36)(H,32,33);4-9,14-17H,10-13,18-19H2,1-3H3,(H,30,36)(H,31,32);5-9,12-16H,3-4,10-11,17-18H2,1-2H3,(H,29,34)(H,30,31). The lowest BCUT2D eigenvalue weighted by Gasteiger charge is -2.32. The molecule has 143 heavy (non-hydrogen) atoms. The summed E-state index contributed by atoms with van der Waals surface area (Å²) in [5, 5.41) is 44.7. The van der Waals surface area contributed by atoms with Gasteiger partial charge in [0.15, 0.2) is 22.8 Å².